The third-order valence-electron chi connectivity index (χ3n) is 6.06. The van der Waals surface area contributed by atoms with E-state index in [0.717, 1.165) is 10.8 Å². The topological polar surface area (TPSA) is 108 Å². The number of nitrogens with one attached hydrogen (secondary N) is 2. The lowest BCUT2D eigenvalue weighted by molar-refractivity contribution is -0.142. The normalized spacial score (nSPS) is 13.0. The molecule has 3 aromatic carbocycles. The van der Waals surface area contributed by atoms with Crippen LogP contribution in [0.2, 0.25) is 0 Å². The number of amides is 3. The van der Waals surface area contributed by atoms with Gasteiger partial charge in [-0.2, -0.15) is 12.6 Å². The predicted molar refractivity (Wildman–Crippen MR) is 157 cm³/mol. The summed E-state index contributed by atoms with van der Waals surface area (Å²) in [7, 11) is 0. The van der Waals surface area contributed by atoms with Crippen LogP contribution in [0.1, 0.15) is 51.8 Å². The van der Waals surface area contributed by atoms with Crippen LogP contribution in [0.4, 0.5) is 10.5 Å². The number of thiol groups is 1. The summed E-state index contributed by atoms with van der Waals surface area (Å²) >= 11 is 4.30. The number of benzene rings is 3. The van der Waals surface area contributed by atoms with Crippen LogP contribution >= 0.6 is 12.6 Å². The minimum atomic E-state index is -1.06. The molecule has 3 rings (SSSR count). The molecule has 9 heteroatoms. The van der Waals surface area contributed by atoms with Crippen molar-refractivity contribution in [2.45, 2.75) is 65.3 Å². The van der Waals surface area contributed by atoms with E-state index in [1.165, 1.54) is 11.0 Å². The van der Waals surface area contributed by atoms with Gasteiger partial charge in [-0.15, -0.1) is 0 Å². The van der Waals surface area contributed by atoms with Crippen LogP contribution < -0.4 is 10.6 Å². The van der Waals surface area contributed by atoms with E-state index < -0.39 is 41.6 Å². The van der Waals surface area contributed by atoms with E-state index in [-0.39, 0.29) is 11.5 Å². The van der Waals surface area contributed by atoms with E-state index in [0.29, 0.717) is 16.8 Å². The van der Waals surface area contributed by atoms with Crippen molar-refractivity contribution in [2.24, 2.45) is 0 Å². The zero-order valence-electron chi connectivity index (χ0n) is 23.2. The summed E-state index contributed by atoms with van der Waals surface area (Å²) < 4.78 is 5.33. The first kappa shape index (κ1) is 29.8. The van der Waals surface area contributed by atoms with Crippen molar-refractivity contribution in [1.29, 1.82) is 0 Å². The van der Waals surface area contributed by atoms with E-state index in [1.807, 2.05) is 42.5 Å². The van der Waals surface area contributed by atoms with Crippen LogP contribution in [0, 0.1) is 6.92 Å². The van der Waals surface area contributed by atoms with Gasteiger partial charge in [0.2, 0.25) is 5.91 Å². The highest BCUT2D eigenvalue weighted by atomic mass is 32.1. The molecule has 0 bridgehead atoms. The fraction of sp³-hybridized carbons (Fsp3) is 0.367. The first-order valence-corrected chi connectivity index (χ1v) is 13.5. The van der Waals surface area contributed by atoms with Crippen molar-refractivity contribution in [2.75, 3.05) is 11.1 Å². The number of hydrogen-bond acceptors (Lipinski definition) is 6. The number of alkyl carbamates (subject to hydrolysis) is 1. The molecule has 2 unspecified atom stereocenters. The van der Waals surface area contributed by atoms with Gasteiger partial charge in [0.05, 0.1) is 0 Å². The fourth-order valence-corrected chi connectivity index (χ4v) is 4.51. The Morgan fingerprint density at radius 2 is 1.67 bits per heavy atom. The lowest BCUT2D eigenvalue weighted by Crippen LogP contribution is -2.55. The van der Waals surface area contributed by atoms with E-state index in [1.54, 1.807) is 53.7 Å². The molecule has 0 radical (unpaired) electrons. The molecule has 3 N–H and O–H groups in total. The molecule has 0 heterocycles. The first-order valence-electron chi connectivity index (χ1n) is 12.8. The van der Waals surface area contributed by atoms with Crippen LogP contribution in [0.5, 0.6) is 5.75 Å². The summed E-state index contributed by atoms with van der Waals surface area (Å²) in [6, 6.07) is 15.7. The smallest absolute Gasteiger partial charge is 0.408 e. The second-order valence-corrected chi connectivity index (χ2v) is 11.1. The Hall–Kier alpha value is -3.72. The minimum Gasteiger partial charge on any atom is -0.508 e. The van der Waals surface area contributed by atoms with Crippen LogP contribution in [-0.2, 0) is 14.3 Å². The molecule has 39 heavy (non-hydrogen) atoms. The molecule has 0 saturated heterocycles. The fourth-order valence-electron chi connectivity index (χ4n) is 4.26. The van der Waals surface area contributed by atoms with E-state index in [2.05, 4.69) is 23.3 Å². The van der Waals surface area contributed by atoms with Gasteiger partial charge in [0.15, 0.2) is 0 Å². The second-order valence-electron chi connectivity index (χ2n) is 10.7. The number of phenolic OH excluding ortho intramolecular Hbond substituents is 1. The van der Waals surface area contributed by atoms with E-state index in [4.69, 9.17) is 4.74 Å². The standard InChI is InChI=1S/C30H37N3O5S/c1-18(2)33(28(36)24(17-39)32-29(37)38-30(4,5)6)26(22-12-14-25(34)19(3)15-22)27(35)31-23-13-11-20-9-7-8-10-21(20)16-23/h7-16,18,24,26,34,39H,17H2,1-6H3,(H,31,35)(H,32,37). The van der Waals surface area contributed by atoms with Gasteiger partial charge < -0.3 is 25.4 Å². The maximum absolute atomic E-state index is 13.9. The van der Waals surface area contributed by atoms with Crippen molar-refractivity contribution in [3.8, 4) is 5.75 Å². The number of aryl methyl sites for hydroxylation is 1. The molecular formula is C30H37N3O5S. The summed E-state index contributed by atoms with van der Waals surface area (Å²) in [5.41, 5.74) is 0.899. The Labute approximate surface area is 235 Å². The first-order chi connectivity index (χ1) is 18.3. The van der Waals surface area contributed by atoms with Crippen molar-refractivity contribution in [3.05, 3.63) is 71.8 Å². The number of nitrogens with zero attached hydrogens (tertiary/aromatic N) is 1. The zero-order valence-corrected chi connectivity index (χ0v) is 24.1. The number of carbonyl (C=O) groups is 3. The molecule has 0 spiro atoms. The molecule has 0 aliphatic rings. The highest BCUT2D eigenvalue weighted by Crippen LogP contribution is 2.30. The Balaban J connectivity index is 2.00. The number of fused-ring (bicyclic) bond motifs is 1. The third kappa shape index (κ3) is 7.66. The SMILES string of the molecule is Cc1cc(C(C(=O)Nc2ccc3ccccc3c2)N(C(=O)C(CS)NC(=O)OC(C)(C)C)C(C)C)ccc1O. The summed E-state index contributed by atoms with van der Waals surface area (Å²) in [6.07, 6.45) is -0.753. The van der Waals surface area contributed by atoms with E-state index >= 15 is 0 Å². The molecule has 0 aliphatic carbocycles. The Kier molecular flexibility index (Phi) is 9.50. The van der Waals surface area contributed by atoms with Crippen molar-refractivity contribution < 1.29 is 24.2 Å². The lowest BCUT2D eigenvalue weighted by atomic mass is 9.99. The van der Waals surface area contributed by atoms with Gasteiger partial charge in [-0.05, 0) is 87.7 Å². The van der Waals surface area contributed by atoms with Gasteiger partial charge in [-0.25, -0.2) is 4.79 Å². The van der Waals surface area contributed by atoms with Gasteiger partial charge >= 0.3 is 6.09 Å². The summed E-state index contributed by atoms with van der Waals surface area (Å²) in [4.78, 5) is 41.7. The Morgan fingerprint density at radius 3 is 2.26 bits per heavy atom. The zero-order chi connectivity index (χ0) is 28.9. The molecule has 8 nitrogen and oxygen atoms in total. The second kappa shape index (κ2) is 12.4. The lowest BCUT2D eigenvalue weighted by Gasteiger charge is -2.37. The molecule has 3 amide bonds. The molecule has 2 atom stereocenters. The molecule has 0 fully saturated rings. The minimum absolute atomic E-state index is 0.00504. The average Bonchev–Trinajstić information content (AvgIpc) is 2.85. The van der Waals surface area contributed by atoms with Crippen LogP contribution in [0.3, 0.4) is 0 Å². The quantitative estimate of drug-likeness (QED) is 0.273. The summed E-state index contributed by atoms with van der Waals surface area (Å²) in [6.45, 7) is 10.5. The number of rotatable bonds is 8. The van der Waals surface area contributed by atoms with Gasteiger partial charge in [0.1, 0.15) is 23.4 Å². The molecular weight excluding hydrogens is 514 g/mol. The third-order valence-corrected chi connectivity index (χ3v) is 6.43. The van der Waals surface area contributed by atoms with E-state index in [9.17, 15) is 19.5 Å². The molecule has 3 aromatic rings. The maximum Gasteiger partial charge on any atom is 0.408 e. The summed E-state index contributed by atoms with van der Waals surface area (Å²) in [5.74, 6) is -0.855. The number of carbonyl (C=O) groups excluding carboxylic acids is 3. The average molecular weight is 552 g/mol. The predicted octanol–water partition coefficient (Wildman–Crippen LogP) is 5.59. The van der Waals surface area contributed by atoms with Gasteiger partial charge in [-0.3, -0.25) is 9.59 Å². The van der Waals surface area contributed by atoms with Crippen LogP contribution in [-0.4, -0.2) is 51.4 Å². The van der Waals surface area contributed by atoms with Crippen molar-refractivity contribution >= 4 is 47.0 Å². The number of hydrogen-bond donors (Lipinski definition) is 4. The number of phenols is 1. The van der Waals surface area contributed by atoms with Crippen molar-refractivity contribution in [1.82, 2.24) is 10.2 Å². The Morgan fingerprint density at radius 1 is 1.00 bits per heavy atom. The summed E-state index contributed by atoms with van der Waals surface area (Å²) in [5, 5.41) is 17.7. The monoisotopic (exact) mass is 551 g/mol. The van der Waals surface area contributed by atoms with Crippen LogP contribution in [0.15, 0.2) is 60.7 Å². The van der Waals surface area contributed by atoms with Crippen LogP contribution in [0.25, 0.3) is 10.8 Å². The highest BCUT2D eigenvalue weighted by Gasteiger charge is 2.37. The number of anilines is 1. The largest absolute Gasteiger partial charge is 0.508 e. The number of ether oxygens (including phenoxy) is 1. The molecule has 208 valence electrons. The highest BCUT2D eigenvalue weighted by molar-refractivity contribution is 7.80. The maximum atomic E-state index is 13.9. The molecule has 0 aliphatic heterocycles. The molecule has 0 saturated carbocycles. The number of aromatic hydroxyl groups is 1. The van der Waals surface area contributed by atoms with Gasteiger partial charge in [0.25, 0.3) is 5.91 Å². The van der Waals surface area contributed by atoms with Gasteiger partial charge in [-0.1, -0.05) is 36.4 Å². The van der Waals surface area contributed by atoms with Crippen molar-refractivity contribution in [3.63, 3.8) is 0 Å². The van der Waals surface area contributed by atoms with Gasteiger partial charge in [0, 0.05) is 17.5 Å². The Bertz CT molecular complexity index is 1350. The molecule has 0 aromatic heterocycles.